The third-order valence-corrected chi connectivity index (χ3v) is 5.29. The molecule has 0 atom stereocenters. The van der Waals surface area contributed by atoms with Gasteiger partial charge in [-0.3, -0.25) is 9.88 Å². The number of nitrogens with zero attached hydrogens (tertiary/aromatic N) is 6. The van der Waals surface area contributed by atoms with Gasteiger partial charge in [0.05, 0.1) is 11.0 Å². The van der Waals surface area contributed by atoms with Gasteiger partial charge in [-0.25, -0.2) is 4.98 Å². The van der Waals surface area contributed by atoms with Crippen LogP contribution >= 0.6 is 0 Å². The van der Waals surface area contributed by atoms with Gasteiger partial charge in [-0.2, -0.15) is 4.98 Å². The fourth-order valence-electron chi connectivity index (χ4n) is 3.59. The number of hydrogen-bond donors (Lipinski definition) is 0. The Balaban J connectivity index is 1.37. The number of rotatable bonds is 4. The Labute approximate surface area is 169 Å². The lowest BCUT2D eigenvalue weighted by atomic mass is 10.1. The standard InChI is InChI=1S/C22H22N6O/c1-27-10-12-28(13-11-27)15-16-4-2-5-17(14-16)21-25-22(29-26-21)20-8-7-18-19(24-20)6-3-9-23-18/h2-9,14H,10-13,15H2,1H3. The highest BCUT2D eigenvalue weighted by Crippen LogP contribution is 2.23. The Bertz CT molecular complexity index is 1130. The summed E-state index contributed by atoms with van der Waals surface area (Å²) in [6.07, 6.45) is 1.75. The molecule has 29 heavy (non-hydrogen) atoms. The van der Waals surface area contributed by atoms with Crippen molar-refractivity contribution in [1.82, 2.24) is 29.9 Å². The third-order valence-electron chi connectivity index (χ3n) is 5.29. The van der Waals surface area contributed by atoms with E-state index in [-0.39, 0.29) is 0 Å². The predicted molar refractivity (Wildman–Crippen MR) is 111 cm³/mol. The van der Waals surface area contributed by atoms with Crippen LogP contribution in [0.25, 0.3) is 34.0 Å². The maximum atomic E-state index is 5.50. The van der Waals surface area contributed by atoms with Crippen LogP contribution in [0, 0.1) is 0 Å². The van der Waals surface area contributed by atoms with Gasteiger partial charge in [0.2, 0.25) is 5.82 Å². The highest BCUT2D eigenvalue weighted by atomic mass is 16.5. The fraction of sp³-hybridized carbons (Fsp3) is 0.273. The number of hydrogen-bond acceptors (Lipinski definition) is 7. The molecule has 0 N–H and O–H groups in total. The van der Waals surface area contributed by atoms with Crippen LogP contribution < -0.4 is 0 Å². The molecule has 0 amide bonds. The number of aromatic nitrogens is 4. The maximum absolute atomic E-state index is 5.50. The van der Waals surface area contributed by atoms with E-state index in [2.05, 4.69) is 55.2 Å². The van der Waals surface area contributed by atoms with Crippen molar-refractivity contribution < 1.29 is 4.52 Å². The minimum atomic E-state index is 0.412. The molecule has 7 nitrogen and oxygen atoms in total. The number of likely N-dealkylation sites (N-methyl/N-ethyl adjacent to an activating group) is 1. The van der Waals surface area contributed by atoms with E-state index < -0.39 is 0 Å². The zero-order valence-electron chi connectivity index (χ0n) is 16.3. The van der Waals surface area contributed by atoms with Crippen molar-refractivity contribution in [2.24, 2.45) is 0 Å². The molecule has 0 bridgehead atoms. The van der Waals surface area contributed by atoms with Crippen LogP contribution in [0.3, 0.4) is 0 Å². The van der Waals surface area contributed by atoms with Gasteiger partial charge in [-0.05, 0) is 42.9 Å². The van der Waals surface area contributed by atoms with Gasteiger partial charge < -0.3 is 9.42 Å². The Morgan fingerprint density at radius 3 is 2.72 bits per heavy atom. The van der Waals surface area contributed by atoms with Gasteiger partial charge in [0, 0.05) is 44.5 Å². The van der Waals surface area contributed by atoms with Crippen LogP contribution in [-0.4, -0.2) is 63.1 Å². The predicted octanol–water partition coefficient (Wildman–Crippen LogP) is 3.09. The SMILES string of the molecule is CN1CCN(Cc2cccc(-c3noc(-c4ccc5ncccc5n4)n3)c2)CC1. The van der Waals surface area contributed by atoms with Gasteiger partial charge in [0.15, 0.2) is 0 Å². The lowest BCUT2D eigenvalue weighted by Crippen LogP contribution is -2.43. The molecule has 4 aromatic rings. The van der Waals surface area contributed by atoms with Crippen LogP contribution in [0.4, 0.5) is 0 Å². The van der Waals surface area contributed by atoms with Crippen molar-refractivity contribution in [3.05, 3.63) is 60.3 Å². The molecule has 1 fully saturated rings. The van der Waals surface area contributed by atoms with Crippen molar-refractivity contribution in [3.8, 4) is 23.0 Å². The lowest BCUT2D eigenvalue weighted by molar-refractivity contribution is 0.148. The summed E-state index contributed by atoms with van der Waals surface area (Å²) in [7, 11) is 2.17. The van der Waals surface area contributed by atoms with Gasteiger partial charge in [0.1, 0.15) is 5.69 Å². The van der Waals surface area contributed by atoms with E-state index in [0.717, 1.165) is 49.3 Å². The van der Waals surface area contributed by atoms with E-state index in [4.69, 9.17) is 4.52 Å². The van der Waals surface area contributed by atoms with E-state index in [0.29, 0.717) is 17.4 Å². The molecular weight excluding hydrogens is 364 g/mol. The van der Waals surface area contributed by atoms with Crippen molar-refractivity contribution in [1.29, 1.82) is 0 Å². The van der Waals surface area contributed by atoms with Crippen molar-refractivity contribution in [2.75, 3.05) is 33.2 Å². The number of pyridine rings is 2. The summed E-state index contributed by atoms with van der Waals surface area (Å²) in [5.74, 6) is 0.989. The maximum Gasteiger partial charge on any atom is 0.276 e. The second kappa shape index (κ2) is 7.69. The molecule has 1 aliphatic rings. The molecule has 0 aliphatic carbocycles. The van der Waals surface area contributed by atoms with Crippen LogP contribution in [-0.2, 0) is 6.54 Å². The number of benzene rings is 1. The number of fused-ring (bicyclic) bond motifs is 1. The average molecular weight is 386 g/mol. The summed E-state index contributed by atoms with van der Waals surface area (Å²) in [5, 5.41) is 4.18. The topological polar surface area (TPSA) is 71.2 Å². The Morgan fingerprint density at radius 2 is 1.83 bits per heavy atom. The Kier molecular flexibility index (Phi) is 4.75. The molecule has 0 spiro atoms. The average Bonchev–Trinajstić information content (AvgIpc) is 3.26. The molecule has 1 saturated heterocycles. The first kappa shape index (κ1) is 17.9. The molecule has 4 heterocycles. The second-order valence-electron chi connectivity index (χ2n) is 7.44. The monoisotopic (exact) mass is 386 g/mol. The Morgan fingerprint density at radius 1 is 0.931 bits per heavy atom. The Hall–Kier alpha value is -3.16. The first-order chi connectivity index (χ1) is 14.2. The van der Waals surface area contributed by atoms with Crippen LogP contribution in [0.1, 0.15) is 5.56 Å². The fourth-order valence-corrected chi connectivity index (χ4v) is 3.59. The largest absolute Gasteiger partial charge is 0.332 e. The highest BCUT2D eigenvalue weighted by Gasteiger charge is 2.16. The smallest absolute Gasteiger partial charge is 0.276 e. The molecule has 0 unspecified atom stereocenters. The highest BCUT2D eigenvalue weighted by molar-refractivity contribution is 5.76. The minimum absolute atomic E-state index is 0.412. The normalized spacial score (nSPS) is 15.8. The van der Waals surface area contributed by atoms with Crippen molar-refractivity contribution in [2.45, 2.75) is 6.54 Å². The summed E-state index contributed by atoms with van der Waals surface area (Å²) in [6.45, 7) is 5.35. The van der Waals surface area contributed by atoms with E-state index in [1.54, 1.807) is 6.20 Å². The molecule has 146 valence electrons. The summed E-state index contributed by atoms with van der Waals surface area (Å²) in [6, 6.07) is 15.9. The van der Waals surface area contributed by atoms with Crippen LogP contribution in [0.5, 0.6) is 0 Å². The van der Waals surface area contributed by atoms with E-state index >= 15 is 0 Å². The molecule has 1 aliphatic heterocycles. The summed E-state index contributed by atoms with van der Waals surface area (Å²) >= 11 is 0. The minimum Gasteiger partial charge on any atom is -0.332 e. The molecule has 3 aromatic heterocycles. The van der Waals surface area contributed by atoms with Gasteiger partial charge in [-0.15, -0.1) is 0 Å². The van der Waals surface area contributed by atoms with Crippen LogP contribution in [0.2, 0.25) is 0 Å². The van der Waals surface area contributed by atoms with Crippen molar-refractivity contribution >= 4 is 11.0 Å². The van der Waals surface area contributed by atoms with Crippen molar-refractivity contribution in [3.63, 3.8) is 0 Å². The first-order valence-electron chi connectivity index (χ1n) is 9.81. The van der Waals surface area contributed by atoms with E-state index in [1.807, 2.05) is 30.3 Å². The second-order valence-corrected chi connectivity index (χ2v) is 7.44. The van der Waals surface area contributed by atoms with Gasteiger partial charge >= 0.3 is 0 Å². The third kappa shape index (κ3) is 3.87. The lowest BCUT2D eigenvalue weighted by Gasteiger charge is -2.32. The van der Waals surface area contributed by atoms with Crippen LogP contribution in [0.15, 0.2) is 59.3 Å². The van der Waals surface area contributed by atoms with Gasteiger partial charge in [-0.1, -0.05) is 23.4 Å². The first-order valence-corrected chi connectivity index (χ1v) is 9.81. The summed E-state index contributed by atoms with van der Waals surface area (Å²) in [5.41, 5.74) is 4.51. The molecule has 0 saturated carbocycles. The molecular formula is C22H22N6O. The zero-order chi connectivity index (χ0) is 19.6. The van der Waals surface area contributed by atoms with E-state index in [1.165, 1.54) is 5.56 Å². The van der Waals surface area contributed by atoms with E-state index in [9.17, 15) is 0 Å². The summed E-state index contributed by atoms with van der Waals surface area (Å²) in [4.78, 5) is 18.3. The molecule has 5 rings (SSSR count). The quantitative estimate of drug-likeness (QED) is 0.534. The number of piperazine rings is 1. The zero-order valence-corrected chi connectivity index (χ0v) is 16.3. The molecule has 1 aromatic carbocycles. The van der Waals surface area contributed by atoms with Gasteiger partial charge in [0.25, 0.3) is 5.89 Å². The molecule has 0 radical (unpaired) electrons. The molecule has 7 heteroatoms. The summed E-state index contributed by atoms with van der Waals surface area (Å²) < 4.78 is 5.50.